The number of anilines is 1. The van der Waals surface area contributed by atoms with Crippen LogP contribution < -0.4 is 14.4 Å². The third-order valence-corrected chi connectivity index (χ3v) is 7.56. The summed E-state index contributed by atoms with van der Waals surface area (Å²) in [4.78, 5) is 33.3. The van der Waals surface area contributed by atoms with Gasteiger partial charge in [-0.25, -0.2) is 4.98 Å². The van der Waals surface area contributed by atoms with Crippen LogP contribution >= 0.6 is 11.3 Å². The molecule has 1 atom stereocenters. The van der Waals surface area contributed by atoms with Gasteiger partial charge in [0.25, 0.3) is 5.78 Å². The molecule has 39 heavy (non-hydrogen) atoms. The first kappa shape index (κ1) is 26.4. The summed E-state index contributed by atoms with van der Waals surface area (Å²) in [6.07, 6.45) is 0.872. The van der Waals surface area contributed by atoms with Crippen LogP contribution in [0, 0.1) is 13.8 Å². The average Bonchev–Trinajstić information content (AvgIpc) is 3.46. The van der Waals surface area contributed by atoms with E-state index < -0.39 is 17.7 Å². The van der Waals surface area contributed by atoms with Crippen molar-refractivity contribution in [1.82, 2.24) is 4.98 Å². The van der Waals surface area contributed by atoms with Crippen LogP contribution in [0.2, 0.25) is 0 Å². The second kappa shape index (κ2) is 10.9. The average molecular weight is 543 g/mol. The van der Waals surface area contributed by atoms with Gasteiger partial charge in [-0.2, -0.15) is 0 Å². The molecule has 2 heterocycles. The molecule has 7 nitrogen and oxygen atoms in total. The SMILES string of the molecule is CCCOc1ccc(/C(O)=C2\C(=O)C(=O)N(c3nc4c(C)cc(C)cc4s3)C2c2cccc(OCC)c2)cc1. The Morgan fingerprint density at radius 2 is 1.77 bits per heavy atom. The van der Waals surface area contributed by atoms with Crippen molar-refractivity contribution in [1.29, 1.82) is 0 Å². The molecule has 1 N–H and O–H groups in total. The Hall–Kier alpha value is -4.17. The van der Waals surface area contributed by atoms with Crippen LogP contribution in [0.15, 0.2) is 66.2 Å². The zero-order valence-corrected chi connectivity index (χ0v) is 23.2. The van der Waals surface area contributed by atoms with Gasteiger partial charge < -0.3 is 14.6 Å². The number of hydrogen-bond acceptors (Lipinski definition) is 7. The van der Waals surface area contributed by atoms with Gasteiger partial charge in [0.05, 0.1) is 35.0 Å². The lowest BCUT2D eigenvalue weighted by atomic mass is 9.95. The highest BCUT2D eigenvalue weighted by Crippen LogP contribution is 2.45. The summed E-state index contributed by atoms with van der Waals surface area (Å²) < 4.78 is 12.3. The molecule has 1 amide bonds. The molecule has 1 fully saturated rings. The molecule has 200 valence electrons. The van der Waals surface area contributed by atoms with Gasteiger partial charge in [0, 0.05) is 5.56 Å². The molecule has 5 rings (SSSR count). The Bertz CT molecular complexity index is 1590. The standard InChI is InChI=1S/C31H30N2O5S/c1-5-14-38-22-12-10-20(11-13-22)28(34)25-27(21-8-7-9-23(17-21)37-6-2)33(30(36)29(25)35)31-32-26-19(4)15-18(3)16-24(26)39-31/h7-13,15-17,27,34H,5-6,14H2,1-4H3/b28-25+. The van der Waals surface area contributed by atoms with E-state index in [1.54, 1.807) is 30.3 Å². The predicted molar refractivity (Wildman–Crippen MR) is 154 cm³/mol. The fourth-order valence-corrected chi connectivity index (χ4v) is 6.00. The molecule has 0 bridgehead atoms. The van der Waals surface area contributed by atoms with Crippen LogP contribution in [0.5, 0.6) is 11.5 Å². The van der Waals surface area contributed by atoms with Crippen LogP contribution in [0.3, 0.4) is 0 Å². The Morgan fingerprint density at radius 1 is 1.00 bits per heavy atom. The second-order valence-electron chi connectivity index (χ2n) is 9.47. The quantitative estimate of drug-likeness (QED) is 0.151. The molecular formula is C31H30N2O5S. The van der Waals surface area contributed by atoms with Crippen molar-refractivity contribution in [2.24, 2.45) is 0 Å². The number of fused-ring (bicyclic) bond motifs is 1. The van der Waals surface area contributed by atoms with Crippen molar-refractivity contribution in [3.8, 4) is 11.5 Å². The van der Waals surface area contributed by atoms with E-state index in [1.807, 2.05) is 58.0 Å². The highest BCUT2D eigenvalue weighted by Gasteiger charge is 2.48. The van der Waals surface area contributed by atoms with Gasteiger partial charge in [-0.05, 0) is 86.3 Å². The van der Waals surface area contributed by atoms with E-state index in [0.29, 0.717) is 41.0 Å². The molecule has 1 aliphatic rings. The number of ether oxygens (including phenoxy) is 2. The Labute approximate surface area is 231 Å². The maximum absolute atomic E-state index is 13.6. The van der Waals surface area contributed by atoms with Crippen LogP contribution in [0.1, 0.15) is 48.6 Å². The van der Waals surface area contributed by atoms with E-state index in [0.717, 1.165) is 27.8 Å². The van der Waals surface area contributed by atoms with Crippen molar-refractivity contribution in [3.63, 3.8) is 0 Å². The number of hydrogen-bond donors (Lipinski definition) is 1. The van der Waals surface area contributed by atoms with Crippen LogP contribution in [-0.2, 0) is 9.59 Å². The summed E-state index contributed by atoms with van der Waals surface area (Å²) in [5.74, 6) is -0.487. The minimum Gasteiger partial charge on any atom is -0.507 e. The largest absolute Gasteiger partial charge is 0.507 e. The van der Waals surface area contributed by atoms with Crippen LogP contribution in [0.25, 0.3) is 16.0 Å². The van der Waals surface area contributed by atoms with Gasteiger partial charge in [0.2, 0.25) is 0 Å². The molecule has 1 unspecified atom stereocenters. The number of aliphatic hydroxyl groups excluding tert-OH is 1. The van der Waals surface area contributed by atoms with Crippen molar-refractivity contribution < 1.29 is 24.2 Å². The molecule has 0 spiro atoms. The van der Waals surface area contributed by atoms with Gasteiger partial charge in [-0.15, -0.1) is 0 Å². The lowest BCUT2D eigenvalue weighted by Crippen LogP contribution is -2.29. The van der Waals surface area contributed by atoms with Crippen LogP contribution in [0.4, 0.5) is 5.13 Å². The molecule has 0 radical (unpaired) electrons. The second-order valence-corrected chi connectivity index (χ2v) is 10.5. The highest BCUT2D eigenvalue weighted by atomic mass is 32.1. The monoisotopic (exact) mass is 542 g/mol. The predicted octanol–water partition coefficient (Wildman–Crippen LogP) is 6.73. The number of amides is 1. The zero-order valence-electron chi connectivity index (χ0n) is 22.4. The number of nitrogens with zero attached hydrogens (tertiary/aromatic N) is 2. The molecule has 1 aromatic heterocycles. The van der Waals surface area contributed by atoms with Gasteiger partial charge in [0.1, 0.15) is 17.3 Å². The van der Waals surface area contributed by atoms with Crippen LogP contribution in [-0.4, -0.2) is 35.0 Å². The highest BCUT2D eigenvalue weighted by molar-refractivity contribution is 7.22. The van der Waals surface area contributed by atoms with Crippen molar-refractivity contribution in [2.45, 2.75) is 40.2 Å². The molecule has 0 saturated carbocycles. The Kier molecular flexibility index (Phi) is 7.39. The smallest absolute Gasteiger partial charge is 0.301 e. The lowest BCUT2D eigenvalue weighted by Gasteiger charge is -2.23. The Balaban J connectivity index is 1.67. The molecule has 1 saturated heterocycles. The number of benzene rings is 3. The number of Topliss-reactive ketones (excluding diaryl/α,β-unsaturated/α-hetero) is 1. The minimum atomic E-state index is -0.886. The van der Waals surface area contributed by atoms with Gasteiger partial charge in [-0.1, -0.05) is 36.5 Å². The number of ketones is 1. The maximum atomic E-state index is 13.6. The number of carbonyl (C=O) groups excluding carboxylic acids is 2. The first-order valence-corrected chi connectivity index (χ1v) is 13.8. The number of rotatable bonds is 8. The van der Waals surface area contributed by atoms with Crippen molar-refractivity contribution >= 4 is 44.1 Å². The van der Waals surface area contributed by atoms with E-state index in [4.69, 9.17) is 14.5 Å². The summed E-state index contributed by atoms with van der Waals surface area (Å²) in [5.41, 5.74) is 3.92. The summed E-state index contributed by atoms with van der Waals surface area (Å²) in [7, 11) is 0. The topological polar surface area (TPSA) is 89.0 Å². The summed E-state index contributed by atoms with van der Waals surface area (Å²) >= 11 is 1.35. The van der Waals surface area contributed by atoms with Gasteiger partial charge >= 0.3 is 5.91 Å². The maximum Gasteiger partial charge on any atom is 0.301 e. The van der Waals surface area contributed by atoms with E-state index in [2.05, 4.69) is 0 Å². The Morgan fingerprint density at radius 3 is 2.49 bits per heavy atom. The summed E-state index contributed by atoms with van der Waals surface area (Å²) in [5, 5.41) is 11.9. The van der Waals surface area contributed by atoms with Gasteiger partial charge in [0.15, 0.2) is 5.13 Å². The first-order valence-electron chi connectivity index (χ1n) is 13.0. The number of aryl methyl sites for hydroxylation is 2. The van der Waals surface area contributed by atoms with E-state index >= 15 is 0 Å². The molecule has 4 aromatic rings. The summed E-state index contributed by atoms with van der Waals surface area (Å²) in [6, 6.07) is 17.3. The first-order chi connectivity index (χ1) is 18.8. The number of aliphatic hydroxyl groups is 1. The summed E-state index contributed by atoms with van der Waals surface area (Å²) in [6.45, 7) is 8.94. The van der Waals surface area contributed by atoms with E-state index in [9.17, 15) is 14.7 Å². The fraction of sp³-hybridized carbons (Fsp3) is 0.258. The number of aromatic nitrogens is 1. The van der Waals surface area contributed by atoms with Crippen molar-refractivity contribution in [3.05, 3.63) is 88.5 Å². The molecule has 0 aliphatic carbocycles. The zero-order chi connectivity index (χ0) is 27.7. The fourth-order valence-electron chi connectivity index (χ4n) is 4.83. The van der Waals surface area contributed by atoms with E-state index in [1.165, 1.54) is 16.2 Å². The third-order valence-electron chi connectivity index (χ3n) is 6.55. The van der Waals surface area contributed by atoms with Gasteiger partial charge in [-0.3, -0.25) is 14.5 Å². The van der Waals surface area contributed by atoms with Crippen molar-refractivity contribution in [2.75, 3.05) is 18.1 Å². The minimum absolute atomic E-state index is 0.00281. The third kappa shape index (κ3) is 5.00. The number of thiazole rings is 1. The lowest BCUT2D eigenvalue weighted by molar-refractivity contribution is -0.132. The van der Waals surface area contributed by atoms with E-state index in [-0.39, 0.29) is 11.3 Å². The molecular weight excluding hydrogens is 512 g/mol. The molecule has 1 aliphatic heterocycles. The number of carbonyl (C=O) groups is 2. The molecule has 8 heteroatoms. The molecule has 3 aromatic carbocycles. The normalized spacial score (nSPS) is 16.7.